The third-order valence-corrected chi connectivity index (χ3v) is 4.23. The van der Waals surface area contributed by atoms with E-state index in [1.807, 2.05) is 18.2 Å². The molecule has 0 unspecified atom stereocenters. The van der Waals surface area contributed by atoms with E-state index in [-0.39, 0.29) is 17.3 Å². The highest BCUT2D eigenvalue weighted by atomic mass is 35.5. The number of anilines is 1. The molecule has 0 fully saturated rings. The molecule has 1 N–H and O–H groups in total. The summed E-state index contributed by atoms with van der Waals surface area (Å²) in [5, 5.41) is 13.8. The van der Waals surface area contributed by atoms with E-state index < -0.39 is 16.4 Å². The first kappa shape index (κ1) is 17.2. The number of nitro groups is 1. The van der Waals surface area contributed by atoms with Gasteiger partial charge in [0, 0.05) is 22.5 Å². The highest BCUT2D eigenvalue weighted by Crippen LogP contribution is 2.23. The van der Waals surface area contributed by atoms with Crippen LogP contribution in [0.25, 0.3) is 0 Å². The van der Waals surface area contributed by atoms with E-state index in [0.29, 0.717) is 10.8 Å². The van der Waals surface area contributed by atoms with Gasteiger partial charge in [0.25, 0.3) is 0 Å². The van der Waals surface area contributed by atoms with Gasteiger partial charge in [0.15, 0.2) is 0 Å². The smallest absolute Gasteiger partial charge is 0.306 e. The molecule has 0 radical (unpaired) electrons. The van der Waals surface area contributed by atoms with Crippen LogP contribution in [-0.4, -0.2) is 16.6 Å². The van der Waals surface area contributed by atoms with Gasteiger partial charge in [-0.2, -0.15) is 4.39 Å². The number of thioether (sulfide) groups is 1. The Balaban J connectivity index is 1.89. The summed E-state index contributed by atoms with van der Waals surface area (Å²) in [4.78, 5) is 21.6. The van der Waals surface area contributed by atoms with Crippen LogP contribution in [0.15, 0.2) is 42.5 Å². The Morgan fingerprint density at radius 2 is 2.04 bits per heavy atom. The average Bonchev–Trinajstić information content (AvgIpc) is 2.51. The maximum Gasteiger partial charge on any atom is 0.306 e. The molecule has 5 nitrogen and oxygen atoms in total. The molecule has 1 amide bonds. The van der Waals surface area contributed by atoms with Crippen LogP contribution < -0.4 is 5.32 Å². The number of nitrogens with one attached hydrogen (secondary N) is 1. The molecular formula is C15H12ClFN2O3S. The lowest BCUT2D eigenvalue weighted by atomic mass is 10.2. The maximum absolute atomic E-state index is 13.2. The Kier molecular flexibility index (Phi) is 5.95. The molecule has 8 heteroatoms. The van der Waals surface area contributed by atoms with Crippen molar-refractivity contribution in [1.29, 1.82) is 0 Å². The highest BCUT2D eigenvalue weighted by molar-refractivity contribution is 7.99. The van der Waals surface area contributed by atoms with E-state index >= 15 is 0 Å². The number of amides is 1. The summed E-state index contributed by atoms with van der Waals surface area (Å²) >= 11 is 7.38. The molecule has 0 aliphatic carbocycles. The molecule has 0 atom stereocenters. The monoisotopic (exact) mass is 354 g/mol. The van der Waals surface area contributed by atoms with Gasteiger partial charge < -0.3 is 5.32 Å². The van der Waals surface area contributed by atoms with Gasteiger partial charge in [-0.05, 0) is 23.8 Å². The van der Waals surface area contributed by atoms with E-state index in [4.69, 9.17) is 11.6 Å². The molecule has 2 aromatic rings. The minimum Gasteiger partial charge on any atom is -0.325 e. The van der Waals surface area contributed by atoms with Crippen LogP contribution in [0.1, 0.15) is 5.56 Å². The van der Waals surface area contributed by atoms with Crippen molar-refractivity contribution >= 4 is 40.6 Å². The normalized spacial score (nSPS) is 10.3. The van der Waals surface area contributed by atoms with Gasteiger partial charge >= 0.3 is 5.69 Å². The van der Waals surface area contributed by atoms with Crippen molar-refractivity contribution in [2.24, 2.45) is 0 Å². The van der Waals surface area contributed by atoms with Crippen molar-refractivity contribution in [1.82, 2.24) is 0 Å². The van der Waals surface area contributed by atoms with Crippen LogP contribution in [0.4, 0.5) is 15.8 Å². The Morgan fingerprint density at radius 1 is 1.30 bits per heavy atom. The van der Waals surface area contributed by atoms with E-state index in [1.54, 1.807) is 6.07 Å². The maximum atomic E-state index is 13.2. The Labute approximate surface area is 141 Å². The molecule has 0 aliphatic heterocycles. The lowest BCUT2D eigenvalue weighted by Gasteiger charge is -2.06. The van der Waals surface area contributed by atoms with Gasteiger partial charge in [0.05, 0.1) is 10.7 Å². The van der Waals surface area contributed by atoms with Crippen LogP contribution in [0.2, 0.25) is 5.02 Å². The molecule has 0 bridgehead atoms. The van der Waals surface area contributed by atoms with E-state index in [1.165, 1.54) is 17.8 Å². The van der Waals surface area contributed by atoms with Crippen LogP contribution in [-0.2, 0) is 10.5 Å². The zero-order valence-electron chi connectivity index (χ0n) is 11.8. The van der Waals surface area contributed by atoms with Gasteiger partial charge in [-0.25, -0.2) is 0 Å². The predicted octanol–water partition coefficient (Wildman–Crippen LogP) is 4.26. The third-order valence-electron chi connectivity index (χ3n) is 2.88. The van der Waals surface area contributed by atoms with Crippen molar-refractivity contribution in [3.05, 3.63) is 69.0 Å². The second kappa shape index (κ2) is 7.94. The fourth-order valence-electron chi connectivity index (χ4n) is 1.80. The summed E-state index contributed by atoms with van der Waals surface area (Å²) in [6, 6.07) is 10.5. The number of nitrogens with zero attached hydrogens (tertiary/aromatic N) is 1. The number of hydrogen-bond acceptors (Lipinski definition) is 4. The van der Waals surface area contributed by atoms with Gasteiger partial charge in [0.1, 0.15) is 0 Å². The molecule has 120 valence electrons. The summed E-state index contributed by atoms with van der Waals surface area (Å²) in [7, 11) is 0. The van der Waals surface area contributed by atoms with Crippen LogP contribution in [0, 0.1) is 15.9 Å². The first-order valence-electron chi connectivity index (χ1n) is 6.52. The number of hydrogen-bond donors (Lipinski definition) is 1. The molecular weight excluding hydrogens is 343 g/mol. The Hall–Kier alpha value is -2.12. The molecule has 0 aromatic heterocycles. The lowest BCUT2D eigenvalue weighted by Crippen LogP contribution is -2.14. The highest BCUT2D eigenvalue weighted by Gasteiger charge is 2.15. The van der Waals surface area contributed by atoms with Gasteiger partial charge in [0.2, 0.25) is 11.7 Å². The first-order chi connectivity index (χ1) is 11.0. The number of halogens is 2. The summed E-state index contributed by atoms with van der Waals surface area (Å²) in [5.41, 5.74) is 0.428. The summed E-state index contributed by atoms with van der Waals surface area (Å²) in [6.07, 6.45) is 0. The van der Waals surface area contributed by atoms with Crippen LogP contribution >= 0.6 is 23.4 Å². The van der Waals surface area contributed by atoms with E-state index in [9.17, 15) is 19.3 Å². The number of carbonyl (C=O) groups is 1. The van der Waals surface area contributed by atoms with Crippen molar-refractivity contribution in [2.75, 3.05) is 11.1 Å². The largest absolute Gasteiger partial charge is 0.325 e. The van der Waals surface area contributed by atoms with Gasteiger partial charge in [-0.1, -0.05) is 29.8 Å². The molecule has 23 heavy (non-hydrogen) atoms. The molecule has 0 aliphatic rings. The van der Waals surface area contributed by atoms with E-state index in [0.717, 1.165) is 17.7 Å². The zero-order chi connectivity index (χ0) is 16.8. The minimum atomic E-state index is -0.943. The molecule has 0 spiro atoms. The van der Waals surface area contributed by atoms with Gasteiger partial charge in [-0.15, -0.1) is 11.8 Å². The predicted molar refractivity (Wildman–Crippen MR) is 89.3 cm³/mol. The third kappa shape index (κ3) is 4.94. The number of benzene rings is 2. The second-order valence-electron chi connectivity index (χ2n) is 4.56. The van der Waals surface area contributed by atoms with Crippen LogP contribution in [0.5, 0.6) is 0 Å². The summed E-state index contributed by atoms with van der Waals surface area (Å²) in [6.45, 7) is 0. The molecule has 0 saturated heterocycles. The average molecular weight is 355 g/mol. The molecule has 2 rings (SSSR count). The van der Waals surface area contributed by atoms with Gasteiger partial charge in [-0.3, -0.25) is 14.9 Å². The fraction of sp³-hybridized carbons (Fsp3) is 0.133. The zero-order valence-corrected chi connectivity index (χ0v) is 13.4. The summed E-state index contributed by atoms with van der Waals surface area (Å²) in [5.74, 6) is -0.559. The Morgan fingerprint density at radius 3 is 2.74 bits per heavy atom. The lowest BCUT2D eigenvalue weighted by molar-refractivity contribution is -0.387. The standard InChI is InChI=1S/C15H12ClFN2O3S/c16-12-4-2-1-3-10(12)8-23-9-15(20)18-11-5-6-13(17)14(7-11)19(21)22/h1-7H,8-9H2,(H,18,20). The second-order valence-corrected chi connectivity index (χ2v) is 5.95. The summed E-state index contributed by atoms with van der Waals surface area (Å²) < 4.78 is 13.2. The number of rotatable bonds is 6. The van der Waals surface area contributed by atoms with Crippen molar-refractivity contribution in [3.63, 3.8) is 0 Å². The van der Waals surface area contributed by atoms with Crippen molar-refractivity contribution < 1.29 is 14.1 Å². The van der Waals surface area contributed by atoms with E-state index in [2.05, 4.69) is 5.32 Å². The minimum absolute atomic E-state index is 0.149. The molecule has 2 aromatic carbocycles. The fourth-order valence-corrected chi connectivity index (χ4v) is 2.91. The number of nitro benzene ring substituents is 1. The first-order valence-corrected chi connectivity index (χ1v) is 8.05. The quantitative estimate of drug-likeness (QED) is 0.621. The van der Waals surface area contributed by atoms with Crippen LogP contribution in [0.3, 0.4) is 0 Å². The van der Waals surface area contributed by atoms with Crippen molar-refractivity contribution in [2.45, 2.75) is 5.75 Å². The SMILES string of the molecule is O=C(CSCc1ccccc1Cl)Nc1ccc(F)c([N+](=O)[O-])c1. The molecule has 0 heterocycles. The number of carbonyl (C=O) groups excluding carboxylic acids is 1. The molecule has 0 saturated carbocycles. The topological polar surface area (TPSA) is 72.2 Å². The van der Waals surface area contributed by atoms with Crippen molar-refractivity contribution in [3.8, 4) is 0 Å². The Bertz CT molecular complexity index is 742.